The molecular weight excluding hydrogens is 454 g/mol. The van der Waals surface area contributed by atoms with Crippen LogP contribution in [0.25, 0.3) is 10.8 Å². The molecule has 0 aromatic heterocycles. The largest absolute Gasteiger partial charge is 0.494 e. The van der Waals surface area contributed by atoms with Crippen LogP contribution in [-0.2, 0) is 25.7 Å². The smallest absolute Gasteiger partial charge is 0.144 e. The molecule has 35 heavy (non-hydrogen) atoms. The number of nitriles is 1. The second-order valence-corrected chi connectivity index (χ2v) is 8.33. The predicted molar refractivity (Wildman–Crippen MR) is 127 cm³/mol. The summed E-state index contributed by atoms with van der Waals surface area (Å²) in [5.74, 6) is -2.02. The minimum atomic E-state index is -0.917. The fraction of sp³-hybridized carbons (Fsp3) is 0.207. The summed E-state index contributed by atoms with van der Waals surface area (Å²) >= 11 is 0. The third kappa shape index (κ3) is 5.46. The van der Waals surface area contributed by atoms with E-state index in [0.29, 0.717) is 47.3 Å². The van der Waals surface area contributed by atoms with E-state index in [9.17, 15) is 13.2 Å². The van der Waals surface area contributed by atoms with Crippen molar-refractivity contribution in [1.82, 2.24) is 0 Å². The molecule has 0 amide bonds. The molecule has 178 valence electrons. The Morgan fingerprint density at radius 2 is 1.40 bits per heavy atom. The van der Waals surface area contributed by atoms with Gasteiger partial charge in [0.15, 0.2) is 0 Å². The zero-order chi connectivity index (χ0) is 24.9. The van der Waals surface area contributed by atoms with Crippen LogP contribution in [0.4, 0.5) is 17.6 Å². The summed E-state index contributed by atoms with van der Waals surface area (Å²) in [6, 6.07) is 17.5. The predicted octanol–water partition coefficient (Wildman–Crippen LogP) is 7.24. The number of rotatable bonds is 8. The molecule has 6 heteroatoms. The molecule has 0 bridgehead atoms. The summed E-state index contributed by atoms with van der Waals surface area (Å²) in [5.41, 5.74) is 1.72. The maximum Gasteiger partial charge on any atom is 0.144 e. The lowest BCUT2D eigenvalue weighted by Gasteiger charge is -2.10. The third-order valence-corrected chi connectivity index (χ3v) is 6.01. The maximum absolute atomic E-state index is 15.1. The van der Waals surface area contributed by atoms with Gasteiger partial charge in [0, 0.05) is 11.5 Å². The number of halogens is 4. The van der Waals surface area contributed by atoms with E-state index >= 15 is 4.39 Å². The SMILES string of the molecule is CCOc1ccc(CCc2ccc3c(F)c(CCc4cc(F)c(C#N)c(F)c4)ccc3c2)c(F)c1. The molecular formula is C29H23F4NO. The number of aryl methyl sites for hydroxylation is 4. The van der Waals surface area contributed by atoms with E-state index in [1.807, 2.05) is 25.1 Å². The maximum atomic E-state index is 15.1. The molecule has 0 unspecified atom stereocenters. The summed E-state index contributed by atoms with van der Waals surface area (Å²) in [6.07, 6.45) is 1.58. The van der Waals surface area contributed by atoms with Gasteiger partial charge in [0.05, 0.1) is 6.61 Å². The van der Waals surface area contributed by atoms with Gasteiger partial charge >= 0.3 is 0 Å². The van der Waals surface area contributed by atoms with E-state index in [2.05, 4.69) is 0 Å². The zero-order valence-corrected chi connectivity index (χ0v) is 19.2. The van der Waals surface area contributed by atoms with Gasteiger partial charge in [-0.3, -0.25) is 0 Å². The summed E-state index contributed by atoms with van der Waals surface area (Å²) in [6.45, 7) is 2.32. The van der Waals surface area contributed by atoms with Crippen molar-refractivity contribution in [3.8, 4) is 11.8 Å². The number of hydrogen-bond donors (Lipinski definition) is 0. The van der Waals surface area contributed by atoms with E-state index in [0.717, 1.165) is 23.1 Å². The van der Waals surface area contributed by atoms with Gasteiger partial charge in [-0.15, -0.1) is 0 Å². The molecule has 0 fully saturated rings. The highest BCUT2D eigenvalue weighted by molar-refractivity contribution is 5.84. The minimum Gasteiger partial charge on any atom is -0.494 e. The molecule has 0 saturated heterocycles. The topological polar surface area (TPSA) is 33.0 Å². The fourth-order valence-corrected chi connectivity index (χ4v) is 4.16. The first kappa shape index (κ1) is 24.3. The highest BCUT2D eigenvalue weighted by atomic mass is 19.1. The molecule has 0 radical (unpaired) electrons. The van der Waals surface area contributed by atoms with Crippen molar-refractivity contribution in [1.29, 1.82) is 5.26 Å². The van der Waals surface area contributed by atoms with Crippen LogP contribution in [0.1, 0.15) is 34.7 Å². The van der Waals surface area contributed by atoms with E-state index in [-0.39, 0.29) is 24.5 Å². The third-order valence-electron chi connectivity index (χ3n) is 6.01. The number of benzene rings is 4. The van der Waals surface area contributed by atoms with Crippen LogP contribution >= 0.6 is 0 Å². The monoisotopic (exact) mass is 477 g/mol. The molecule has 4 aromatic carbocycles. The Kier molecular flexibility index (Phi) is 7.36. The van der Waals surface area contributed by atoms with Crippen LogP contribution < -0.4 is 4.74 Å². The average Bonchev–Trinajstić information content (AvgIpc) is 2.83. The van der Waals surface area contributed by atoms with Gasteiger partial charge < -0.3 is 4.74 Å². The lowest BCUT2D eigenvalue weighted by Crippen LogP contribution is -2.00. The van der Waals surface area contributed by atoms with Gasteiger partial charge in [-0.25, -0.2) is 17.6 Å². The zero-order valence-electron chi connectivity index (χ0n) is 19.2. The van der Waals surface area contributed by atoms with Crippen molar-refractivity contribution in [2.45, 2.75) is 32.6 Å². The summed E-state index contributed by atoms with van der Waals surface area (Å²) in [5, 5.41) is 9.97. The standard InChI is InChI=1S/C29H23F4NO/c1-2-35-23-11-10-20(26(30)16-23)6-3-18-5-12-24-22(13-18)9-8-21(29(24)33)7-4-19-14-27(31)25(17-34)28(32)15-19/h5,8-16H,2-4,6-7H2,1H3. The lowest BCUT2D eigenvalue weighted by atomic mass is 9.97. The minimum absolute atomic E-state index is 0.230. The fourth-order valence-electron chi connectivity index (χ4n) is 4.16. The van der Waals surface area contributed by atoms with E-state index in [4.69, 9.17) is 10.00 Å². The molecule has 0 saturated carbocycles. The van der Waals surface area contributed by atoms with Gasteiger partial charge in [-0.2, -0.15) is 5.26 Å². The number of fused-ring (bicyclic) bond motifs is 1. The molecule has 0 aliphatic rings. The molecule has 0 aliphatic heterocycles. The first-order valence-corrected chi connectivity index (χ1v) is 11.4. The van der Waals surface area contributed by atoms with Crippen LogP contribution in [-0.4, -0.2) is 6.61 Å². The van der Waals surface area contributed by atoms with Crippen molar-refractivity contribution in [2.24, 2.45) is 0 Å². The number of nitrogens with zero attached hydrogens (tertiary/aromatic N) is 1. The first-order valence-electron chi connectivity index (χ1n) is 11.4. The van der Waals surface area contributed by atoms with Crippen LogP contribution in [0.3, 0.4) is 0 Å². The summed E-state index contributed by atoms with van der Waals surface area (Å²) in [7, 11) is 0. The lowest BCUT2D eigenvalue weighted by molar-refractivity contribution is 0.338. The Morgan fingerprint density at radius 3 is 2.09 bits per heavy atom. The van der Waals surface area contributed by atoms with Gasteiger partial charge in [-0.1, -0.05) is 36.4 Å². The van der Waals surface area contributed by atoms with Gasteiger partial charge in [-0.05, 0) is 78.4 Å². The van der Waals surface area contributed by atoms with E-state index in [1.54, 1.807) is 24.3 Å². The van der Waals surface area contributed by atoms with Gasteiger partial charge in [0.1, 0.15) is 40.7 Å². The van der Waals surface area contributed by atoms with Crippen LogP contribution in [0, 0.1) is 34.6 Å². The molecule has 0 heterocycles. The number of ether oxygens (including phenoxy) is 1. The Balaban J connectivity index is 1.46. The molecule has 0 atom stereocenters. The van der Waals surface area contributed by atoms with Crippen LogP contribution in [0.2, 0.25) is 0 Å². The van der Waals surface area contributed by atoms with Crippen molar-refractivity contribution < 1.29 is 22.3 Å². The Morgan fingerprint density at radius 1 is 0.714 bits per heavy atom. The molecule has 4 aromatic rings. The molecule has 0 aliphatic carbocycles. The van der Waals surface area contributed by atoms with Crippen molar-refractivity contribution in [3.63, 3.8) is 0 Å². The van der Waals surface area contributed by atoms with Gasteiger partial charge in [0.2, 0.25) is 0 Å². The van der Waals surface area contributed by atoms with Crippen molar-refractivity contribution >= 4 is 10.8 Å². The van der Waals surface area contributed by atoms with Gasteiger partial charge in [0.25, 0.3) is 0 Å². The highest BCUT2D eigenvalue weighted by Gasteiger charge is 2.13. The Hall–Kier alpha value is -3.85. The Bertz CT molecular complexity index is 1400. The van der Waals surface area contributed by atoms with Crippen LogP contribution in [0.5, 0.6) is 5.75 Å². The molecule has 0 N–H and O–H groups in total. The Labute approximate surface area is 201 Å². The number of hydrogen-bond acceptors (Lipinski definition) is 2. The summed E-state index contributed by atoms with van der Waals surface area (Å²) in [4.78, 5) is 0. The molecule has 4 rings (SSSR count). The normalized spacial score (nSPS) is 11.0. The average molecular weight is 478 g/mol. The molecule has 2 nitrogen and oxygen atoms in total. The van der Waals surface area contributed by atoms with Crippen molar-refractivity contribution in [3.05, 3.63) is 112 Å². The van der Waals surface area contributed by atoms with Crippen molar-refractivity contribution in [2.75, 3.05) is 6.61 Å². The second kappa shape index (κ2) is 10.6. The quantitative estimate of drug-likeness (QED) is 0.251. The second-order valence-electron chi connectivity index (χ2n) is 8.33. The molecule has 0 spiro atoms. The summed E-state index contributed by atoms with van der Waals surface area (Å²) < 4.78 is 62.4. The van der Waals surface area contributed by atoms with Crippen LogP contribution in [0.15, 0.2) is 60.7 Å². The van der Waals surface area contributed by atoms with E-state index in [1.165, 1.54) is 12.1 Å². The van der Waals surface area contributed by atoms with E-state index < -0.39 is 17.2 Å². The first-order chi connectivity index (χ1) is 16.9. The highest BCUT2D eigenvalue weighted by Crippen LogP contribution is 2.25.